The maximum Gasteiger partial charge on any atom is 0.449 e. The van der Waals surface area contributed by atoms with Gasteiger partial charge in [0.1, 0.15) is 42.7 Å². The van der Waals surface area contributed by atoms with Gasteiger partial charge in [0, 0.05) is 6.92 Å². The summed E-state index contributed by atoms with van der Waals surface area (Å²) >= 11 is 0. The average molecular weight is 557 g/mol. The van der Waals surface area contributed by atoms with Gasteiger partial charge in [-0.05, 0) is 0 Å². The van der Waals surface area contributed by atoms with Crippen molar-refractivity contribution < 1.29 is 83.6 Å². The van der Waals surface area contributed by atoms with E-state index in [0.717, 1.165) is 6.92 Å². The third-order valence-corrected chi connectivity index (χ3v) is 5.57. The Morgan fingerprint density at radius 1 is 0.914 bits per heavy atom. The molecule has 204 valence electrons. The number of carbonyl (C=O) groups is 2. The second-order valence-corrected chi connectivity index (χ2v) is 9.36. The van der Waals surface area contributed by atoms with E-state index in [4.69, 9.17) is 23.3 Å². The van der Waals surface area contributed by atoms with Gasteiger partial charge in [0.25, 0.3) is 0 Å². The van der Waals surface area contributed by atoms with Crippen molar-refractivity contribution in [2.24, 2.45) is 0 Å². The van der Waals surface area contributed by atoms with Crippen LogP contribution >= 0.6 is 0 Å². The van der Waals surface area contributed by atoms with Gasteiger partial charge in [-0.25, -0.2) is 8.98 Å². The Morgan fingerprint density at radius 2 is 1.51 bits per heavy atom. The van der Waals surface area contributed by atoms with E-state index in [1.165, 1.54) is 0 Å². The normalized spacial score (nSPS) is 38.5. The zero-order chi connectivity index (χ0) is 26.9. The fourth-order valence-electron chi connectivity index (χ4n) is 3.33. The van der Waals surface area contributed by atoms with Gasteiger partial charge in [-0.3, -0.25) is 13.9 Å². The molecule has 0 aromatic carbocycles. The van der Waals surface area contributed by atoms with Crippen molar-refractivity contribution in [3.63, 3.8) is 0 Å². The lowest BCUT2D eigenvalue weighted by molar-refractivity contribution is -0.338. The third-order valence-electron chi connectivity index (χ3n) is 4.73. The highest BCUT2D eigenvalue weighted by atomic mass is 32.3. The monoisotopic (exact) mass is 557 g/mol. The minimum atomic E-state index is -5.51. The molecule has 1 amide bonds. The summed E-state index contributed by atoms with van der Waals surface area (Å²) in [6.07, 6.45) is -19.3. The summed E-state index contributed by atoms with van der Waals surface area (Å²) in [6, 6.07) is -1.55. The Bertz CT molecular complexity index is 985. The predicted octanol–water partition coefficient (Wildman–Crippen LogP) is -6.07. The molecule has 2 saturated heterocycles. The summed E-state index contributed by atoms with van der Waals surface area (Å²) in [5, 5.41) is 52.7. The van der Waals surface area contributed by atoms with Crippen LogP contribution in [-0.4, -0.2) is 131 Å². The van der Waals surface area contributed by atoms with Crippen molar-refractivity contribution in [1.82, 2.24) is 5.32 Å². The first-order valence-corrected chi connectivity index (χ1v) is 12.1. The largest absolute Gasteiger partial charge is 0.449 e. The summed E-state index contributed by atoms with van der Waals surface area (Å²) in [6.45, 7) is 0.0955. The van der Waals surface area contributed by atoms with E-state index in [9.17, 15) is 52.0 Å². The van der Waals surface area contributed by atoms with E-state index in [0.29, 0.717) is 0 Å². The Morgan fingerprint density at radius 3 is 2.00 bits per heavy atom. The highest BCUT2D eigenvalue weighted by Crippen LogP contribution is 2.31. The molecule has 0 aromatic heterocycles. The molecule has 8 N–H and O–H groups in total. The van der Waals surface area contributed by atoms with Gasteiger partial charge in [-0.2, -0.15) is 16.8 Å². The van der Waals surface area contributed by atoms with E-state index < -0.39 is 101 Å². The Balaban J connectivity index is 2.36. The molecule has 2 heterocycles. The zero-order valence-corrected chi connectivity index (χ0v) is 19.1. The Hall–Kier alpha value is -1.60. The van der Waals surface area contributed by atoms with Gasteiger partial charge in [0.15, 0.2) is 18.7 Å². The molecular weight excluding hydrogens is 534 g/mol. The molecule has 0 aromatic rings. The maximum atomic E-state index is 12.1. The van der Waals surface area contributed by atoms with Gasteiger partial charge >= 0.3 is 26.8 Å². The van der Waals surface area contributed by atoms with Gasteiger partial charge in [-0.1, -0.05) is 0 Å². The molecule has 2 fully saturated rings. The van der Waals surface area contributed by atoms with Crippen LogP contribution in [0.4, 0.5) is 0 Å². The van der Waals surface area contributed by atoms with Crippen molar-refractivity contribution >= 4 is 32.7 Å². The Kier molecular flexibility index (Phi) is 9.48. The quantitative estimate of drug-likeness (QED) is 0.129. The molecule has 0 saturated carbocycles. The molecule has 19 nitrogen and oxygen atoms in total. The van der Waals surface area contributed by atoms with Crippen LogP contribution in [0.5, 0.6) is 0 Å². The van der Waals surface area contributed by atoms with Crippen LogP contribution in [0.2, 0.25) is 0 Å². The number of carbonyl (C=O) groups excluding carboxylic acids is 2. The molecule has 21 heteroatoms. The van der Waals surface area contributed by atoms with E-state index in [-0.39, 0.29) is 0 Å². The second-order valence-electron chi connectivity index (χ2n) is 7.29. The molecule has 2 aliphatic heterocycles. The fourth-order valence-corrected chi connectivity index (χ4v) is 4.13. The van der Waals surface area contributed by atoms with Crippen molar-refractivity contribution in [2.75, 3.05) is 6.61 Å². The summed E-state index contributed by atoms with van der Waals surface area (Å²) in [5.74, 6) is -2.83. The van der Waals surface area contributed by atoms with Crippen LogP contribution in [-0.2, 0) is 53.0 Å². The summed E-state index contributed by atoms with van der Waals surface area (Å²) in [4.78, 5) is 23.5. The predicted molar refractivity (Wildman–Crippen MR) is 101 cm³/mol. The molecule has 10 atom stereocenters. The summed E-state index contributed by atoms with van der Waals surface area (Å²) in [7, 11) is -11.0. The number of rotatable bonds is 8. The first-order valence-electron chi connectivity index (χ1n) is 9.38. The standard InChI is InChI=1S/C14H23NO18S2/c1-3(17)15-5-6(18)9(4(2-16)29-12(5)21)30-14-8(20)7(19)10(32-34(23,24)25)11(31-14)13(22)33-35(26,27)28/h4-12,14,16,18-21H,2H2,1H3,(H,15,17)(H,23,24,25)(H,26,27,28)/t4-,5-,6-,7-,8-,9+,10+,11+,12+,14+/m1/s1. The minimum Gasteiger partial charge on any atom is -0.394 e. The minimum absolute atomic E-state index is 0.736. The molecule has 0 bridgehead atoms. The molecule has 2 aliphatic rings. The van der Waals surface area contributed by atoms with Crippen molar-refractivity contribution in [3.8, 4) is 0 Å². The van der Waals surface area contributed by atoms with Crippen LogP contribution in [0.15, 0.2) is 0 Å². The fraction of sp³-hybridized carbons (Fsp3) is 0.857. The molecule has 0 aliphatic carbocycles. The van der Waals surface area contributed by atoms with E-state index in [1.807, 2.05) is 0 Å². The molecule has 35 heavy (non-hydrogen) atoms. The molecule has 0 radical (unpaired) electrons. The summed E-state index contributed by atoms with van der Waals surface area (Å²) < 4.78 is 84.4. The number of ether oxygens (including phenoxy) is 3. The molecule has 0 spiro atoms. The highest BCUT2D eigenvalue weighted by Gasteiger charge is 2.54. The van der Waals surface area contributed by atoms with E-state index in [1.54, 1.807) is 0 Å². The number of amides is 1. The van der Waals surface area contributed by atoms with Crippen LogP contribution < -0.4 is 5.32 Å². The van der Waals surface area contributed by atoms with Crippen LogP contribution in [0.3, 0.4) is 0 Å². The van der Waals surface area contributed by atoms with Gasteiger partial charge in [0.05, 0.1) is 6.61 Å². The number of hydrogen-bond donors (Lipinski definition) is 8. The van der Waals surface area contributed by atoms with Crippen LogP contribution in [0.1, 0.15) is 6.92 Å². The third kappa shape index (κ3) is 7.69. The van der Waals surface area contributed by atoms with Gasteiger partial charge in [-0.15, -0.1) is 0 Å². The van der Waals surface area contributed by atoms with E-state index >= 15 is 0 Å². The number of aliphatic hydroxyl groups is 5. The maximum absolute atomic E-state index is 12.1. The zero-order valence-electron chi connectivity index (χ0n) is 17.4. The van der Waals surface area contributed by atoms with Crippen LogP contribution in [0, 0.1) is 0 Å². The number of nitrogens with one attached hydrogen (secondary N) is 1. The van der Waals surface area contributed by atoms with Crippen molar-refractivity contribution in [2.45, 2.75) is 68.3 Å². The van der Waals surface area contributed by atoms with Crippen molar-refractivity contribution in [1.29, 1.82) is 0 Å². The van der Waals surface area contributed by atoms with Crippen LogP contribution in [0.25, 0.3) is 0 Å². The second kappa shape index (κ2) is 11.2. The van der Waals surface area contributed by atoms with Crippen molar-refractivity contribution in [3.05, 3.63) is 0 Å². The average Bonchev–Trinajstić information content (AvgIpc) is 2.69. The smallest absolute Gasteiger partial charge is 0.394 e. The first-order chi connectivity index (χ1) is 15.9. The molecule has 2 rings (SSSR count). The van der Waals surface area contributed by atoms with Gasteiger partial charge < -0.3 is 49.2 Å². The number of hydrogen-bond acceptors (Lipinski definition) is 16. The Labute approximate surface area is 197 Å². The summed E-state index contributed by atoms with van der Waals surface area (Å²) in [5.41, 5.74) is 0. The lowest BCUT2D eigenvalue weighted by Gasteiger charge is -2.46. The molecular formula is C14H23NO18S2. The lowest BCUT2D eigenvalue weighted by Crippen LogP contribution is -2.67. The number of aliphatic hydroxyl groups excluding tert-OH is 5. The lowest BCUT2D eigenvalue weighted by atomic mass is 9.95. The SMILES string of the molecule is CC(=O)N[C@@H]1[C@@H](O)[C@@H](O[C@H]2O[C@H](C(=O)OS(=O)(=O)O)[C@@H](OS(=O)(=O)O)[C@H](O)[C@H]2O)[C@@H](CO)O[C@@H]1O. The topological polar surface area (TPSA) is 302 Å². The highest BCUT2D eigenvalue weighted by molar-refractivity contribution is 7.81. The van der Waals surface area contributed by atoms with E-state index in [2.05, 4.69) is 13.7 Å². The van der Waals surface area contributed by atoms with Gasteiger partial charge in [0.2, 0.25) is 5.91 Å². The first kappa shape index (κ1) is 29.6. The molecule has 0 unspecified atom stereocenters.